The fraction of sp³-hybridized carbons (Fsp3) is 0. The van der Waals surface area contributed by atoms with Crippen LogP contribution in [-0.4, -0.2) is 21.5 Å². The van der Waals surface area contributed by atoms with Crippen molar-refractivity contribution in [3.8, 4) is 0 Å². The lowest BCUT2D eigenvalue weighted by atomic mass is 10.1. The van der Waals surface area contributed by atoms with Crippen LogP contribution in [0.25, 0.3) is 12.2 Å². The number of carbonyl (C=O) groups is 1. The van der Waals surface area contributed by atoms with E-state index in [1.165, 1.54) is 0 Å². The van der Waals surface area contributed by atoms with Gasteiger partial charge in [0.05, 0.1) is 27.2 Å². The van der Waals surface area contributed by atoms with Crippen molar-refractivity contribution >= 4 is 35.1 Å². The first-order chi connectivity index (χ1) is 15.9. The van der Waals surface area contributed by atoms with Gasteiger partial charge in [-0.05, 0) is 23.3 Å². The Bertz CT molecular complexity index is 1170. The van der Waals surface area contributed by atoms with Crippen molar-refractivity contribution in [2.24, 2.45) is 5.10 Å². The fourth-order valence-electron chi connectivity index (χ4n) is 2.74. The van der Waals surface area contributed by atoms with Gasteiger partial charge in [-0.2, -0.15) is 5.10 Å². The van der Waals surface area contributed by atoms with Crippen molar-refractivity contribution < 1.29 is 14.6 Å². The second kappa shape index (κ2) is 10.9. The van der Waals surface area contributed by atoms with Crippen LogP contribution in [0, 0.1) is 20.2 Å². The molecule has 0 aliphatic rings. The van der Waals surface area contributed by atoms with Gasteiger partial charge in [-0.25, -0.2) is 5.43 Å². The first kappa shape index (κ1) is 22.8. The van der Waals surface area contributed by atoms with Crippen LogP contribution in [-0.2, 0) is 0 Å². The summed E-state index contributed by atoms with van der Waals surface area (Å²) in [5, 5.41) is 26.2. The summed E-state index contributed by atoms with van der Waals surface area (Å²) >= 11 is 0. The van der Waals surface area contributed by atoms with Gasteiger partial charge >= 0.3 is 0 Å². The highest BCUT2D eigenvalue weighted by Gasteiger charge is 2.19. The Morgan fingerprint density at radius 3 is 1.64 bits per heavy atom. The Morgan fingerprint density at radius 2 is 1.21 bits per heavy atom. The molecule has 0 saturated carbocycles. The molecule has 9 heteroatoms. The number of hydrogen-bond donors (Lipinski definition) is 1. The first-order valence-corrected chi connectivity index (χ1v) is 9.70. The Morgan fingerprint density at radius 1 is 0.758 bits per heavy atom. The van der Waals surface area contributed by atoms with E-state index in [1.54, 1.807) is 24.3 Å². The van der Waals surface area contributed by atoms with E-state index < -0.39 is 27.1 Å². The van der Waals surface area contributed by atoms with Gasteiger partial charge in [-0.15, -0.1) is 0 Å². The number of nitrogens with one attached hydrogen (secondary N) is 1. The number of benzene rings is 3. The summed E-state index contributed by atoms with van der Waals surface area (Å²) < 4.78 is 0. The van der Waals surface area contributed by atoms with Crippen molar-refractivity contribution in [3.05, 3.63) is 128 Å². The van der Waals surface area contributed by atoms with Gasteiger partial charge < -0.3 is 0 Å². The van der Waals surface area contributed by atoms with E-state index >= 15 is 0 Å². The molecule has 3 aromatic carbocycles. The van der Waals surface area contributed by atoms with Gasteiger partial charge in [0.25, 0.3) is 17.3 Å². The van der Waals surface area contributed by atoms with Crippen LogP contribution in [0.15, 0.2) is 96.1 Å². The molecule has 0 aromatic heterocycles. The van der Waals surface area contributed by atoms with E-state index in [-0.39, 0.29) is 5.56 Å². The molecule has 3 aromatic rings. The van der Waals surface area contributed by atoms with Crippen molar-refractivity contribution in [1.29, 1.82) is 0 Å². The van der Waals surface area contributed by atoms with Crippen LogP contribution in [0.2, 0.25) is 0 Å². The molecule has 0 fully saturated rings. The molecule has 1 amide bonds. The number of hydrogen-bond acceptors (Lipinski definition) is 6. The predicted molar refractivity (Wildman–Crippen MR) is 126 cm³/mol. The molecular formula is C24H18N4O5. The molecule has 1 N–H and O–H groups in total. The molecule has 0 radical (unpaired) electrons. The molecule has 33 heavy (non-hydrogen) atoms. The van der Waals surface area contributed by atoms with Gasteiger partial charge in [0.15, 0.2) is 0 Å². The second-order valence-electron chi connectivity index (χ2n) is 6.72. The summed E-state index contributed by atoms with van der Waals surface area (Å²) in [6.07, 6.45) is 6.98. The average molecular weight is 442 g/mol. The summed E-state index contributed by atoms with van der Waals surface area (Å²) in [7, 11) is 0. The maximum absolute atomic E-state index is 12.5. The molecule has 0 heterocycles. The van der Waals surface area contributed by atoms with E-state index in [1.807, 2.05) is 60.7 Å². The third-order valence-corrected chi connectivity index (χ3v) is 4.37. The number of carbonyl (C=O) groups excluding carboxylic acids is 1. The minimum absolute atomic E-state index is 0.252. The van der Waals surface area contributed by atoms with Gasteiger partial charge in [0, 0.05) is 12.1 Å². The Labute approximate surface area is 188 Å². The minimum Gasteiger partial charge on any atom is -0.267 e. The number of hydrazone groups is 1. The lowest BCUT2D eigenvalue weighted by Gasteiger charge is -2.02. The largest absolute Gasteiger partial charge is 0.277 e. The highest BCUT2D eigenvalue weighted by atomic mass is 16.6. The summed E-state index contributed by atoms with van der Waals surface area (Å²) in [5.41, 5.74) is 3.14. The molecular weight excluding hydrogens is 424 g/mol. The molecule has 0 aliphatic carbocycles. The smallest absolute Gasteiger partial charge is 0.267 e. The number of nitrogens with zero attached hydrogens (tertiary/aromatic N) is 3. The Kier molecular flexibility index (Phi) is 7.53. The van der Waals surface area contributed by atoms with E-state index in [0.717, 1.165) is 29.3 Å². The summed E-state index contributed by atoms with van der Waals surface area (Å²) in [5.74, 6) is -0.819. The third-order valence-electron chi connectivity index (χ3n) is 4.37. The van der Waals surface area contributed by atoms with Crippen LogP contribution in [0.5, 0.6) is 0 Å². The zero-order valence-electron chi connectivity index (χ0n) is 17.2. The second-order valence-corrected chi connectivity index (χ2v) is 6.72. The lowest BCUT2D eigenvalue weighted by Crippen LogP contribution is -2.19. The number of allylic oxidation sites excluding steroid dienone is 2. The van der Waals surface area contributed by atoms with Crippen LogP contribution < -0.4 is 5.43 Å². The van der Waals surface area contributed by atoms with Gasteiger partial charge in [0.1, 0.15) is 0 Å². The van der Waals surface area contributed by atoms with Gasteiger partial charge in [0.2, 0.25) is 0 Å². The van der Waals surface area contributed by atoms with Crippen molar-refractivity contribution in [3.63, 3.8) is 0 Å². The summed E-state index contributed by atoms with van der Waals surface area (Å²) in [6, 6.07) is 21.6. The topological polar surface area (TPSA) is 128 Å². The predicted octanol–water partition coefficient (Wildman–Crippen LogP) is 5.02. The quantitative estimate of drug-likeness (QED) is 0.298. The zero-order valence-corrected chi connectivity index (χ0v) is 17.2. The van der Waals surface area contributed by atoms with Crippen molar-refractivity contribution in [2.45, 2.75) is 0 Å². The maximum atomic E-state index is 12.5. The maximum Gasteiger partial charge on any atom is 0.277 e. The fourth-order valence-corrected chi connectivity index (χ4v) is 2.74. The number of nitro groups is 2. The van der Waals surface area contributed by atoms with E-state index in [4.69, 9.17) is 0 Å². The van der Waals surface area contributed by atoms with Gasteiger partial charge in [-0.1, -0.05) is 72.8 Å². The highest BCUT2D eigenvalue weighted by Crippen LogP contribution is 2.22. The first-order valence-electron chi connectivity index (χ1n) is 9.70. The molecule has 0 unspecified atom stereocenters. The Hall–Kier alpha value is -4.92. The molecule has 0 saturated heterocycles. The summed E-state index contributed by atoms with van der Waals surface area (Å²) in [4.78, 5) is 33.1. The highest BCUT2D eigenvalue weighted by molar-refractivity contribution is 6.09. The van der Waals surface area contributed by atoms with E-state index in [9.17, 15) is 25.0 Å². The molecule has 0 bridgehead atoms. The SMILES string of the molecule is O=C(NN=C(C=Cc1ccccc1)C=Cc1ccccc1)c1cc([N+](=O)[O-])cc([N+](=O)[O-])c1. The summed E-state index contributed by atoms with van der Waals surface area (Å²) in [6.45, 7) is 0. The molecule has 3 rings (SSSR count). The number of amides is 1. The van der Waals surface area contributed by atoms with Crippen molar-refractivity contribution in [1.82, 2.24) is 5.43 Å². The molecule has 9 nitrogen and oxygen atoms in total. The van der Waals surface area contributed by atoms with Crippen LogP contribution in [0.1, 0.15) is 21.5 Å². The van der Waals surface area contributed by atoms with Crippen LogP contribution in [0.3, 0.4) is 0 Å². The lowest BCUT2D eigenvalue weighted by molar-refractivity contribution is -0.394. The molecule has 0 spiro atoms. The van der Waals surface area contributed by atoms with Crippen molar-refractivity contribution in [2.75, 3.05) is 0 Å². The molecule has 0 aliphatic heterocycles. The third kappa shape index (κ3) is 6.79. The normalized spacial score (nSPS) is 10.8. The number of non-ortho nitro benzene ring substituents is 2. The number of nitro benzene ring substituents is 2. The van der Waals surface area contributed by atoms with Crippen LogP contribution >= 0.6 is 0 Å². The Balaban J connectivity index is 1.88. The number of rotatable bonds is 8. The molecule has 164 valence electrons. The zero-order chi connectivity index (χ0) is 23.6. The van der Waals surface area contributed by atoms with Gasteiger partial charge in [-0.3, -0.25) is 25.0 Å². The molecule has 0 atom stereocenters. The minimum atomic E-state index is -0.819. The monoisotopic (exact) mass is 442 g/mol. The average Bonchev–Trinajstić information content (AvgIpc) is 2.84. The van der Waals surface area contributed by atoms with Crippen LogP contribution in [0.4, 0.5) is 11.4 Å². The van der Waals surface area contributed by atoms with E-state index in [2.05, 4.69) is 10.5 Å². The van der Waals surface area contributed by atoms with E-state index in [0.29, 0.717) is 5.71 Å². The standard InChI is InChI=1S/C24H18N4O5/c29-24(20-15-22(27(30)31)17-23(16-20)28(32)33)26-25-21(13-11-18-7-3-1-4-8-18)14-12-19-9-5-2-6-10-19/h1-17H,(H,26,29).